The highest BCUT2D eigenvalue weighted by Crippen LogP contribution is 2.24. The molecule has 19 heavy (non-hydrogen) atoms. The van der Waals surface area contributed by atoms with E-state index in [-0.39, 0.29) is 17.8 Å². The quantitative estimate of drug-likeness (QED) is 0.770. The van der Waals surface area contributed by atoms with E-state index in [1.54, 1.807) is 12.1 Å². The van der Waals surface area contributed by atoms with Crippen LogP contribution in [-0.4, -0.2) is 38.4 Å². The van der Waals surface area contributed by atoms with Crippen molar-refractivity contribution in [3.63, 3.8) is 0 Å². The summed E-state index contributed by atoms with van der Waals surface area (Å²) in [5.41, 5.74) is 0.716. The fourth-order valence-electron chi connectivity index (χ4n) is 2.38. The van der Waals surface area contributed by atoms with Crippen molar-refractivity contribution >= 4 is 11.7 Å². The zero-order valence-corrected chi connectivity index (χ0v) is 11.4. The van der Waals surface area contributed by atoms with Crippen molar-refractivity contribution in [2.75, 3.05) is 25.1 Å². The molecule has 0 amide bonds. The van der Waals surface area contributed by atoms with E-state index in [2.05, 4.69) is 4.74 Å². The summed E-state index contributed by atoms with van der Waals surface area (Å²) in [5.74, 6) is -0.946. The number of nitrogens with zero attached hydrogens (tertiary/aromatic N) is 1. The van der Waals surface area contributed by atoms with E-state index in [9.17, 15) is 9.18 Å². The van der Waals surface area contributed by atoms with Gasteiger partial charge in [-0.2, -0.15) is 0 Å². The van der Waals surface area contributed by atoms with Crippen LogP contribution >= 0.6 is 0 Å². The highest BCUT2D eigenvalue weighted by atomic mass is 19.1. The predicted octanol–water partition coefficient (Wildman–Crippen LogP) is 2.23. The summed E-state index contributed by atoms with van der Waals surface area (Å²) in [6.45, 7) is 5.20. The Hall–Kier alpha value is -1.62. The number of anilines is 1. The van der Waals surface area contributed by atoms with Gasteiger partial charge in [-0.1, -0.05) is 0 Å². The third-order valence-corrected chi connectivity index (χ3v) is 3.13. The number of methoxy groups -OCH3 is 1. The smallest absolute Gasteiger partial charge is 0.337 e. The molecule has 0 bridgehead atoms. The molecule has 1 aromatic rings. The maximum Gasteiger partial charge on any atom is 0.337 e. The molecule has 1 heterocycles. The molecule has 1 fully saturated rings. The van der Waals surface area contributed by atoms with Crippen molar-refractivity contribution in [1.82, 2.24) is 0 Å². The van der Waals surface area contributed by atoms with Gasteiger partial charge in [-0.25, -0.2) is 9.18 Å². The number of ether oxygens (including phenoxy) is 2. The van der Waals surface area contributed by atoms with Crippen LogP contribution in [-0.2, 0) is 9.47 Å². The van der Waals surface area contributed by atoms with Crippen LogP contribution in [0.15, 0.2) is 18.2 Å². The molecule has 1 aromatic carbocycles. The van der Waals surface area contributed by atoms with Gasteiger partial charge in [-0.3, -0.25) is 0 Å². The van der Waals surface area contributed by atoms with Crippen molar-refractivity contribution in [3.8, 4) is 0 Å². The molecule has 2 rings (SSSR count). The van der Waals surface area contributed by atoms with Crippen LogP contribution in [0.4, 0.5) is 10.1 Å². The molecule has 0 spiro atoms. The molecule has 2 unspecified atom stereocenters. The Morgan fingerprint density at radius 2 is 2.00 bits per heavy atom. The zero-order chi connectivity index (χ0) is 14.0. The van der Waals surface area contributed by atoms with Gasteiger partial charge in [0.2, 0.25) is 0 Å². The van der Waals surface area contributed by atoms with Crippen LogP contribution in [0.1, 0.15) is 24.2 Å². The molecule has 0 aliphatic carbocycles. The highest BCUT2D eigenvalue weighted by molar-refractivity contribution is 5.89. The lowest BCUT2D eigenvalue weighted by Crippen LogP contribution is -2.45. The van der Waals surface area contributed by atoms with Gasteiger partial charge in [-0.05, 0) is 32.0 Å². The maximum atomic E-state index is 14.1. The molecule has 0 radical (unpaired) electrons. The Kier molecular flexibility index (Phi) is 4.04. The van der Waals surface area contributed by atoms with Gasteiger partial charge in [0, 0.05) is 13.1 Å². The van der Waals surface area contributed by atoms with Crippen molar-refractivity contribution in [2.24, 2.45) is 0 Å². The number of esters is 1. The van der Waals surface area contributed by atoms with Gasteiger partial charge in [0.1, 0.15) is 5.82 Å². The molecule has 0 aromatic heterocycles. The van der Waals surface area contributed by atoms with E-state index in [1.807, 2.05) is 18.7 Å². The first-order valence-corrected chi connectivity index (χ1v) is 6.29. The number of morpholine rings is 1. The van der Waals surface area contributed by atoms with Crippen LogP contribution < -0.4 is 4.90 Å². The van der Waals surface area contributed by atoms with Crippen molar-refractivity contribution in [2.45, 2.75) is 26.1 Å². The number of halogens is 1. The second-order valence-corrected chi connectivity index (χ2v) is 4.82. The largest absolute Gasteiger partial charge is 0.465 e. The summed E-state index contributed by atoms with van der Waals surface area (Å²) in [7, 11) is 1.28. The second kappa shape index (κ2) is 5.57. The molecule has 0 N–H and O–H groups in total. The lowest BCUT2D eigenvalue weighted by Gasteiger charge is -2.37. The summed E-state index contributed by atoms with van der Waals surface area (Å²) in [6, 6.07) is 4.41. The van der Waals surface area contributed by atoms with Crippen LogP contribution in [0.2, 0.25) is 0 Å². The van der Waals surface area contributed by atoms with Crippen LogP contribution in [0, 0.1) is 5.82 Å². The van der Waals surface area contributed by atoms with Gasteiger partial charge in [0.05, 0.1) is 30.6 Å². The molecular weight excluding hydrogens is 249 g/mol. The molecule has 1 saturated heterocycles. The first kappa shape index (κ1) is 13.8. The zero-order valence-electron chi connectivity index (χ0n) is 11.4. The van der Waals surface area contributed by atoms with Gasteiger partial charge in [-0.15, -0.1) is 0 Å². The monoisotopic (exact) mass is 267 g/mol. The average Bonchev–Trinajstić information content (AvgIpc) is 2.36. The predicted molar refractivity (Wildman–Crippen MR) is 70.0 cm³/mol. The molecule has 1 aliphatic heterocycles. The van der Waals surface area contributed by atoms with E-state index < -0.39 is 11.8 Å². The topological polar surface area (TPSA) is 38.8 Å². The Morgan fingerprint density at radius 1 is 1.37 bits per heavy atom. The van der Waals surface area contributed by atoms with Crippen molar-refractivity contribution < 1.29 is 18.7 Å². The van der Waals surface area contributed by atoms with Gasteiger partial charge in [0.15, 0.2) is 0 Å². The van der Waals surface area contributed by atoms with E-state index in [1.165, 1.54) is 13.2 Å². The molecule has 104 valence electrons. The SMILES string of the molecule is COC(=O)c1ccc(N2CC(C)OC(C)C2)c(F)c1. The Labute approximate surface area is 112 Å². The van der Waals surface area contributed by atoms with Crippen molar-refractivity contribution in [1.29, 1.82) is 0 Å². The Balaban J connectivity index is 2.23. The molecule has 1 aliphatic rings. The Bertz CT molecular complexity index is 468. The number of benzene rings is 1. The number of rotatable bonds is 2. The standard InChI is InChI=1S/C14H18FNO3/c1-9-7-16(8-10(2)19-9)13-5-4-11(6-12(13)15)14(17)18-3/h4-6,9-10H,7-8H2,1-3H3. The van der Waals surface area contributed by atoms with Gasteiger partial charge >= 0.3 is 5.97 Å². The molecule has 5 heteroatoms. The number of carbonyl (C=O) groups is 1. The first-order valence-electron chi connectivity index (χ1n) is 6.29. The molecule has 4 nitrogen and oxygen atoms in total. The summed E-state index contributed by atoms with van der Waals surface area (Å²) in [4.78, 5) is 13.3. The van der Waals surface area contributed by atoms with Gasteiger partial charge in [0.25, 0.3) is 0 Å². The fraction of sp³-hybridized carbons (Fsp3) is 0.500. The lowest BCUT2D eigenvalue weighted by molar-refractivity contribution is -0.00540. The molecule has 0 saturated carbocycles. The first-order chi connectivity index (χ1) is 9.01. The number of hydrogen-bond donors (Lipinski definition) is 0. The number of carbonyl (C=O) groups excluding carboxylic acids is 1. The van der Waals surface area contributed by atoms with Crippen LogP contribution in [0.25, 0.3) is 0 Å². The summed E-state index contributed by atoms with van der Waals surface area (Å²) in [5, 5.41) is 0. The minimum absolute atomic E-state index is 0.0587. The molecule has 2 atom stereocenters. The average molecular weight is 267 g/mol. The number of hydrogen-bond acceptors (Lipinski definition) is 4. The third-order valence-electron chi connectivity index (χ3n) is 3.13. The minimum Gasteiger partial charge on any atom is -0.465 e. The van der Waals surface area contributed by atoms with Crippen molar-refractivity contribution in [3.05, 3.63) is 29.6 Å². The maximum absolute atomic E-state index is 14.1. The van der Waals surface area contributed by atoms with E-state index in [0.29, 0.717) is 18.8 Å². The summed E-state index contributed by atoms with van der Waals surface area (Å²) in [6.07, 6.45) is 0.117. The van der Waals surface area contributed by atoms with Crippen LogP contribution in [0.5, 0.6) is 0 Å². The normalized spacial score (nSPS) is 23.3. The summed E-state index contributed by atoms with van der Waals surface area (Å²) < 4.78 is 24.3. The van der Waals surface area contributed by atoms with Crippen LogP contribution in [0.3, 0.4) is 0 Å². The molecular formula is C14H18FNO3. The summed E-state index contributed by atoms with van der Waals surface area (Å²) >= 11 is 0. The lowest BCUT2D eigenvalue weighted by atomic mass is 10.1. The van der Waals surface area contributed by atoms with E-state index >= 15 is 0 Å². The third kappa shape index (κ3) is 3.04. The highest BCUT2D eigenvalue weighted by Gasteiger charge is 2.24. The Morgan fingerprint density at radius 3 is 2.53 bits per heavy atom. The minimum atomic E-state index is -0.533. The van der Waals surface area contributed by atoms with E-state index in [4.69, 9.17) is 4.74 Å². The second-order valence-electron chi connectivity index (χ2n) is 4.82. The fourth-order valence-corrected chi connectivity index (χ4v) is 2.38. The van der Waals surface area contributed by atoms with Gasteiger partial charge < -0.3 is 14.4 Å². The van der Waals surface area contributed by atoms with E-state index in [0.717, 1.165) is 0 Å².